The van der Waals surface area contributed by atoms with Crippen molar-refractivity contribution in [2.45, 2.75) is 26.3 Å². The van der Waals surface area contributed by atoms with Gasteiger partial charge in [-0.1, -0.05) is 0 Å². The Labute approximate surface area is 116 Å². The van der Waals surface area contributed by atoms with Crippen molar-refractivity contribution in [2.75, 3.05) is 18.1 Å². The maximum Gasteiger partial charge on any atom is 0.328 e. The van der Waals surface area contributed by atoms with Crippen LogP contribution >= 0.6 is 0 Å². The summed E-state index contributed by atoms with van der Waals surface area (Å²) in [6.45, 7) is 3.21. The molecule has 1 aromatic rings. The van der Waals surface area contributed by atoms with Gasteiger partial charge in [0.2, 0.25) is 5.91 Å². The zero-order valence-electron chi connectivity index (χ0n) is 11.5. The number of amides is 1. The Bertz CT molecular complexity index is 493. The molecule has 7 heteroatoms. The van der Waals surface area contributed by atoms with E-state index in [1.165, 1.54) is 19.1 Å². The minimum Gasteiger partial charge on any atom is -0.504 e. The lowest BCUT2D eigenvalue weighted by atomic mass is 10.0. The number of carbonyl (C=O) groups is 2. The number of benzene rings is 1. The van der Waals surface area contributed by atoms with E-state index in [2.05, 4.69) is 5.32 Å². The molecule has 1 atom stereocenters. The van der Waals surface area contributed by atoms with Gasteiger partial charge < -0.3 is 26.6 Å². The molecule has 0 aromatic heterocycles. The molecule has 1 amide bonds. The number of nitrogens with one attached hydrogen (secondary N) is 1. The van der Waals surface area contributed by atoms with E-state index in [0.717, 1.165) is 0 Å². The monoisotopic (exact) mass is 281 g/mol. The summed E-state index contributed by atoms with van der Waals surface area (Å²) >= 11 is 0. The largest absolute Gasteiger partial charge is 0.504 e. The van der Waals surface area contributed by atoms with Crippen LogP contribution in [0.5, 0.6) is 5.75 Å². The Morgan fingerprint density at radius 3 is 2.35 bits per heavy atom. The molecule has 0 aliphatic carbocycles. The van der Waals surface area contributed by atoms with Gasteiger partial charge in [-0.2, -0.15) is 0 Å². The highest BCUT2D eigenvalue weighted by Gasteiger charge is 2.22. The second kappa shape index (κ2) is 6.65. The van der Waals surface area contributed by atoms with Crippen LogP contribution in [0.25, 0.3) is 0 Å². The van der Waals surface area contributed by atoms with Crippen molar-refractivity contribution in [1.82, 2.24) is 5.32 Å². The first-order valence-corrected chi connectivity index (χ1v) is 6.15. The maximum absolute atomic E-state index is 11.8. The van der Waals surface area contributed by atoms with Gasteiger partial charge in [-0.15, -0.1) is 0 Å². The number of phenols is 1. The van der Waals surface area contributed by atoms with E-state index < -0.39 is 12.0 Å². The molecule has 0 fully saturated rings. The summed E-state index contributed by atoms with van der Waals surface area (Å²) in [5.74, 6) is -1.07. The number of aromatic hydroxyl groups is 1. The third kappa shape index (κ3) is 4.04. The summed E-state index contributed by atoms with van der Waals surface area (Å²) in [6.07, 6.45) is 0.174. The molecule has 110 valence electrons. The van der Waals surface area contributed by atoms with Gasteiger partial charge in [0.25, 0.3) is 0 Å². The fourth-order valence-electron chi connectivity index (χ4n) is 1.78. The molecule has 0 spiro atoms. The van der Waals surface area contributed by atoms with E-state index in [9.17, 15) is 14.7 Å². The number of hydrogen-bond donors (Lipinski definition) is 4. The van der Waals surface area contributed by atoms with Crippen LogP contribution in [0, 0.1) is 0 Å². The van der Waals surface area contributed by atoms with Crippen LogP contribution in [0.1, 0.15) is 19.4 Å². The Balaban J connectivity index is 2.94. The van der Waals surface area contributed by atoms with E-state index in [1.807, 2.05) is 0 Å². The molecule has 0 bridgehead atoms. The number of esters is 1. The van der Waals surface area contributed by atoms with Gasteiger partial charge in [-0.25, -0.2) is 4.79 Å². The number of carbonyl (C=O) groups excluding carboxylic acids is 2. The molecule has 20 heavy (non-hydrogen) atoms. The van der Waals surface area contributed by atoms with E-state index in [0.29, 0.717) is 5.56 Å². The van der Waals surface area contributed by atoms with E-state index in [-0.39, 0.29) is 36.1 Å². The van der Waals surface area contributed by atoms with Crippen molar-refractivity contribution in [2.24, 2.45) is 0 Å². The second-order valence-electron chi connectivity index (χ2n) is 4.33. The molecule has 0 saturated carbocycles. The molecular formula is C13H19N3O4. The van der Waals surface area contributed by atoms with Gasteiger partial charge in [-0.05, 0) is 24.6 Å². The van der Waals surface area contributed by atoms with E-state index in [1.54, 1.807) is 6.92 Å². The van der Waals surface area contributed by atoms with Gasteiger partial charge >= 0.3 is 5.97 Å². The van der Waals surface area contributed by atoms with Crippen LogP contribution in [0.3, 0.4) is 0 Å². The molecular weight excluding hydrogens is 262 g/mol. The van der Waals surface area contributed by atoms with Crippen LogP contribution in [0.15, 0.2) is 12.1 Å². The first-order chi connectivity index (χ1) is 9.35. The van der Waals surface area contributed by atoms with Gasteiger partial charge in [-0.3, -0.25) is 4.79 Å². The van der Waals surface area contributed by atoms with Crippen molar-refractivity contribution in [1.29, 1.82) is 0 Å². The third-order valence-corrected chi connectivity index (χ3v) is 2.62. The van der Waals surface area contributed by atoms with Gasteiger partial charge in [0, 0.05) is 13.3 Å². The SMILES string of the molecule is CCOC(=O)[C@H](Cc1cc(N)c(O)c(N)c1)NC(C)=O. The molecule has 0 saturated heterocycles. The van der Waals surface area contributed by atoms with Crippen LogP contribution in [0.4, 0.5) is 11.4 Å². The average Bonchev–Trinajstić information content (AvgIpc) is 2.34. The third-order valence-electron chi connectivity index (χ3n) is 2.62. The molecule has 1 rings (SSSR count). The molecule has 6 N–H and O–H groups in total. The van der Waals surface area contributed by atoms with Crippen LogP contribution < -0.4 is 16.8 Å². The summed E-state index contributed by atoms with van der Waals surface area (Å²) in [7, 11) is 0. The summed E-state index contributed by atoms with van der Waals surface area (Å²) in [5.41, 5.74) is 12.0. The minimum atomic E-state index is -0.823. The van der Waals surface area contributed by atoms with Crippen molar-refractivity contribution in [3.63, 3.8) is 0 Å². The highest BCUT2D eigenvalue weighted by Crippen LogP contribution is 2.29. The molecule has 0 unspecified atom stereocenters. The molecule has 0 radical (unpaired) electrons. The Hall–Kier alpha value is -2.44. The van der Waals surface area contributed by atoms with Crippen LogP contribution in [0.2, 0.25) is 0 Å². The van der Waals surface area contributed by atoms with Gasteiger partial charge in [0.15, 0.2) is 5.75 Å². The number of nitrogen functional groups attached to an aromatic ring is 2. The number of ether oxygens (including phenoxy) is 1. The smallest absolute Gasteiger partial charge is 0.328 e. The highest BCUT2D eigenvalue weighted by molar-refractivity contribution is 5.83. The second-order valence-corrected chi connectivity index (χ2v) is 4.33. The van der Waals surface area contributed by atoms with Crippen molar-refractivity contribution >= 4 is 23.3 Å². The lowest BCUT2D eigenvalue weighted by Crippen LogP contribution is -2.42. The quantitative estimate of drug-likeness (QED) is 0.346. The topological polar surface area (TPSA) is 128 Å². The molecule has 1 aromatic carbocycles. The van der Waals surface area contributed by atoms with Crippen molar-refractivity contribution < 1.29 is 19.4 Å². The fourth-order valence-corrected chi connectivity index (χ4v) is 1.78. The first-order valence-electron chi connectivity index (χ1n) is 6.15. The number of anilines is 2. The summed E-state index contributed by atoms with van der Waals surface area (Å²) < 4.78 is 4.90. The summed E-state index contributed by atoms with van der Waals surface area (Å²) in [6, 6.07) is 2.18. The van der Waals surface area contributed by atoms with Gasteiger partial charge in [0.1, 0.15) is 6.04 Å². The Kier molecular flexibility index (Phi) is 5.19. The number of nitrogens with two attached hydrogens (primary N) is 2. The maximum atomic E-state index is 11.8. The normalized spacial score (nSPS) is 11.7. The molecule has 7 nitrogen and oxygen atoms in total. The zero-order valence-corrected chi connectivity index (χ0v) is 11.5. The lowest BCUT2D eigenvalue weighted by molar-refractivity contribution is -0.147. The Morgan fingerprint density at radius 2 is 1.90 bits per heavy atom. The zero-order chi connectivity index (χ0) is 15.3. The minimum absolute atomic E-state index is 0.116. The van der Waals surface area contributed by atoms with Crippen molar-refractivity contribution in [3.05, 3.63) is 17.7 Å². The highest BCUT2D eigenvalue weighted by atomic mass is 16.5. The summed E-state index contributed by atoms with van der Waals surface area (Å²) in [5, 5.41) is 12.0. The van der Waals surface area contributed by atoms with Gasteiger partial charge in [0.05, 0.1) is 18.0 Å². The molecule has 0 aliphatic rings. The summed E-state index contributed by atoms with van der Waals surface area (Å²) in [4.78, 5) is 22.9. The van der Waals surface area contributed by atoms with Crippen molar-refractivity contribution in [3.8, 4) is 5.75 Å². The van der Waals surface area contributed by atoms with Crippen LogP contribution in [-0.4, -0.2) is 29.6 Å². The van der Waals surface area contributed by atoms with E-state index >= 15 is 0 Å². The number of phenolic OH excluding ortho intramolecular Hbond substituents is 1. The fraction of sp³-hybridized carbons (Fsp3) is 0.385. The predicted octanol–water partition coefficient (Wildman–Crippen LogP) is 0.167. The first kappa shape index (κ1) is 15.6. The predicted molar refractivity (Wildman–Crippen MR) is 74.9 cm³/mol. The number of rotatable bonds is 5. The molecule has 0 aliphatic heterocycles. The Morgan fingerprint density at radius 1 is 1.35 bits per heavy atom. The lowest BCUT2D eigenvalue weighted by Gasteiger charge is -2.17. The standard InChI is InChI=1S/C13H19N3O4/c1-3-20-13(19)11(16-7(2)17)6-8-4-9(14)12(18)10(15)5-8/h4-5,11,18H,3,6,14-15H2,1-2H3,(H,16,17)/t11-/m0/s1. The number of hydrogen-bond acceptors (Lipinski definition) is 6. The molecule has 0 heterocycles. The van der Waals surface area contributed by atoms with E-state index in [4.69, 9.17) is 16.2 Å². The average molecular weight is 281 g/mol. The van der Waals surface area contributed by atoms with Crippen LogP contribution in [-0.2, 0) is 20.7 Å².